The normalized spacial score (nSPS) is 21.7. The lowest BCUT2D eigenvalue weighted by atomic mass is 9.85. The van der Waals surface area contributed by atoms with Gasteiger partial charge in [0.1, 0.15) is 21.4 Å². The Hall–Kier alpha value is -3.18. The first-order chi connectivity index (χ1) is 19.8. The van der Waals surface area contributed by atoms with Crippen LogP contribution in [0.5, 0.6) is 5.75 Å². The van der Waals surface area contributed by atoms with Crippen LogP contribution in [0.15, 0.2) is 42.7 Å². The average Bonchev–Trinajstić information content (AvgIpc) is 3.61. The van der Waals surface area contributed by atoms with E-state index in [2.05, 4.69) is 27.4 Å². The molecule has 0 radical (unpaired) electrons. The molecule has 1 amide bonds. The fourth-order valence-electron chi connectivity index (χ4n) is 6.11. The predicted octanol–water partition coefficient (Wildman–Crippen LogP) is 3.81. The summed E-state index contributed by atoms with van der Waals surface area (Å²) in [7, 11) is -3.01. The molecule has 3 heterocycles. The van der Waals surface area contributed by atoms with Gasteiger partial charge in [-0.05, 0) is 82.3 Å². The van der Waals surface area contributed by atoms with Gasteiger partial charge in [0.2, 0.25) is 11.9 Å². The van der Waals surface area contributed by atoms with Crippen molar-refractivity contribution in [3.8, 4) is 11.6 Å². The zero-order valence-electron chi connectivity index (χ0n) is 24.1. The minimum Gasteiger partial charge on any atom is -0.493 e. The predicted molar refractivity (Wildman–Crippen MR) is 161 cm³/mol. The fourth-order valence-corrected chi connectivity index (χ4v) is 6.75. The number of rotatable bonds is 12. The van der Waals surface area contributed by atoms with Crippen LogP contribution in [0.4, 0.5) is 5.95 Å². The van der Waals surface area contributed by atoms with Crippen molar-refractivity contribution < 1.29 is 17.9 Å². The molecule has 0 unspecified atom stereocenters. The molecule has 0 bridgehead atoms. The summed E-state index contributed by atoms with van der Waals surface area (Å²) in [6, 6.07) is 10.4. The Morgan fingerprint density at radius 2 is 1.95 bits per heavy atom. The summed E-state index contributed by atoms with van der Waals surface area (Å²) in [5.41, 5.74) is 0.946. The number of hydrogen-bond acceptors (Lipinski definition) is 8. The summed E-state index contributed by atoms with van der Waals surface area (Å²) in [6.07, 6.45) is 11.3. The maximum atomic E-state index is 12.8. The standard InChI is InChI=1S/C30H42N6O4S/c1-3-35-17-5-7-24(35)21-32-29(37)22-10-12-23(13-11-22)33-30-31-16-14-28(34-30)36-18-15-25-26(36)8-4-9-27(25)40-19-6-20-41(2,38)39/h4,8-9,14-16,18,22-24H,3,5-7,10-13,17,19-21H2,1-2H3,(H,32,37)(H,31,33,34)/t22-,23-,24-/m0/s1. The number of amides is 1. The Kier molecular flexibility index (Phi) is 9.44. The molecule has 5 rings (SSSR count). The second kappa shape index (κ2) is 13.2. The van der Waals surface area contributed by atoms with Gasteiger partial charge < -0.3 is 19.9 Å². The third-order valence-electron chi connectivity index (χ3n) is 8.35. The van der Waals surface area contributed by atoms with E-state index >= 15 is 0 Å². The van der Waals surface area contributed by atoms with Crippen LogP contribution in [0.2, 0.25) is 0 Å². The number of fused-ring (bicyclic) bond motifs is 1. The SMILES string of the molecule is CCN1CCC[C@H]1CNC(=O)[C@H]1CC[C@H](Nc2nccc(-n3ccc4c(OCCCS(C)(=O)=O)cccc43)n2)CC1. The summed E-state index contributed by atoms with van der Waals surface area (Å²) < 4.78 is 30.7. The molecule has 1 aliphatic heterocycles. The van der Waals surface area contributed by atoms with E-state index in [1.165, 1.54) is 19.1 Å². The van der Waals surface area contributed by atoms with Crippen LogP contribution in [0.3, 0.4) is 0 Å². The average molecular weight is 583 g/mol. The van der Waals surface area contributed by atoms with Crippen LogP contribution in [-0.2, 0) is 14.6 Å². The number of likely N-dealkylation sites (N-methyl/N-ethyl adjacent to an activating group) is 1. The van der Waals surface area contributed by atoms with Gasteiger partial charge in [-0.1, -0.05) is 13.0 Å². The van der Waals surface area contributed by atoms with Crippen molar-refractivity contribution in [1.29, 1.82) is 0 Å². The Balaban J connectivity index is 1.15. The molecule has 222 valence electrons. The van der Waals surface area contributed by atoms with E-state index < -0.39 is 9.84 Å². The van der Waals surface area contributed by atoms with Gasteiger partial charge in [0.15, 0.2) is 0 Å². The maximum Gasteiger partial charge on any atom is 0.224 e. The first kappa shape index (κ1) is 29.3. The molecule has 1 aliphatic carbocycles. The third kappa shape index (κ3) is 7.56. The quantitative estimate of drug-likeness (QED) is 0.310. The van der Waals surface area contributed by atoms with E-state index in [0.717, 1.165) is 62.0 Å². The van der Waals surface area contributed by atoms with Gasteiger partial charge in [0, 0.05) is 48.6 Å². The molecule has 1 saturated heterocycles. The summed E-state index contributed by atoms with van der Waals surface area (Å²) in [5, 5.41) is 7.65. The lowest BCUT2D eigenvalue weighted by Crippen LogP contribution is -2.43. The molecule has 10 nitrogen and oxygen atoms in total. The number of sulfone groups is 1. The minimum atomic E-state index is -3.01. The van der Waals surface area contributed by atoms with Crippen LogP contribution in [0.1, 0.15) is 51.9 Å². The Morgan fingerprint density at radius 3 is 2.73 bits per heavy atom. The second-order valence-electron chi connectivity index (χ2n) is 11.3. The van der Waals surface area contributed by atoms with Crippen LogP contribution in [0, 0.1) is 5.92 Å². The van der Waals surface area contributed by atoms with E-state index in [1.54, 1.807) is 6.20 Å². The van der Waals surface area contributed by atoms with Crippen molar-refractivity contribution >= 4 is 32.6 Å². The number of hydrogen-bond donors (Lipinski definition) is 2. The van der Waals surface area contributed by atoms with E-state index in [4.69, 9.17) is 9.72 Å². The van der Waals surface area contributed by atoms with Crippen molar-refractivity contribution in [2.45, 2.75) is 64.0 Å². The largest absolute Gasteiger partial charge is 0.493 e. The molecule has 11 heteroatoms. The summed E-state index contributed by atoms with van der Waals surface area (Å²) in [4.78, 5) is 24.5. The first-order valence-corrected chi connectivity index (χ1v) is 16.9. The third-order valence-corrected chi connectivity index (χ3v) is 9.38. The highest BCUT2D eigenvalue weighted by molar-refractivity contribution is 7.90. The van der Waals surface area contributed by atoms with E-state index in [0.29, 0.717) is 30.8 Å². The van der Waals surface area contributed by atoms with E-state index in [9.17, 15) is 13.2 Å². The first-order valence-electron chi connectivity index (χ1n) is 14.8. The molecule has 1 saturated carbocycles. The molecule has 2 aromatic heterocycles. The van der Waals surface area contributed by atoms with Crippen LogP contribution in [0.25, 0.3) is 16.7 Å². The molecule has 2 fully saturated rings. The van der Waals surface area contributed by atoms with E-state index in [1.807, 2.05) is 41.1 Å². The summed E-state index contributed by atoms with van der Waals surface area (Å²) in [6.45, 7) is 5.47. The summed E-state index contributed by atoms with van der Waals surface area (Å²) in [5.74, 6) is 2.41. The number of aromatic nitrogens is 3. The molecular weight excluding hydrogens is 540 g/mol. The molecular formula is C30H42N6O4S. The molecule has 2 N–H and O–H groups in total. The van der Waals surface area contributed by atoms with Crippen molar-refractivity contribution in [3.63, 3.8) is 0 Å². The van der Waals surface area contributed by atoms with Gasteiger partial charge in [0.25, 0.3) is 0 Å². The Bertz CT molecular complexity index is 1430. The highest BCUT2D eigenvalue weighted by Crippen LogP contribution is 2.30. The number of likely N-dealkylation sites (tertiary alicyclic amines) is 1. The van der Waals surface area contributed by atoms with Gasteiger partial charge in [-0.25, -0.2) is 13.4 Å². The minimum absolute atomic E-state index is 0.0748. The molecule has 3 aromatic rings. The van der Waals surface area contributed by atoms with Gasteiger partial charge in [-0.2, -0.15) is 4.98 Å². The lowest BCUT2D eigenvalue weighted by molar-refractivity contribution is -0.126. The van der Waals surface area contributed by atoms with Crippen molar-refractivity contribution in [1.82, 2.24) is 24.8 Å². The van der Waals surface area contributed by atoms with Crippen molar-refractivity contribution in [2.24, 2.45) is 5.92 Å². The number of carbonyl (C=O) groups is 1. The zero-order chi connectivity index (χ0) is 28.8. The highest BCUT2D eigenvalue weighted by Gasteiger charge is 2.28. The Morgan fingerprint density at radius 1 is 1.12 bits per heavy atom. The number of nitrogens with one attached hydrogen (secondary N) is 2. The van der Waals surface area contributed by atoms with Gasteiger partial charge in [-0.3, -0.25) is 9.69 Å². The molecule has 2 aliphatic rings. The van der Waals surface area contributed by atoms with Crippen molar-refractivity contribution in [3.05, 3.63) is 42.7 Å². The second-order valence-corrected chi connectivity index (χ2v) is 13.6. The smallest absolute Gasteiger partial charge is 0.224 e. The molecule has 1 aromatic carbocycles. The zero-order valence-corrected chi connectivity index (χ0v) is 24.9. The topological polar surface area (TPSA) is 118 Å². The Labute approximate surface area is 242 Å². The van der Waals surface area contributed by atoms with Crippen LogP contribution in [-0.4, -0.2) is 84.1 Å². The van der Waals surface area contributed by atoms with Gasteiger partial charge in [-0.15, -0.1) is 0 Å². The number of nitrogens with zero attached hydrogens (tertiary/aromatic N) is 4. The fraction of sp³-hybridized carbons (Fsp3) is 0.567. The summed E-state index contributed by atoms with van der Waals surface area (Å²) >= 11 is 0. The molecule has 1 atom stereocenters. The monoisotopic (exact) mass is 582 g/mol. The maximum absolute atomic E-state index is 12.8. The number of ether oxygens (including phenoxy) is 1. The van der Waals surface area contributed by atoms with Crippen LogP contribution < -0.4 is 15.4 Å². The van der Waals surface area contributed by atoms with Gasteiger partial charge in [0.05, 0.1) is 17.9 Å². The van der Waals surface area contributed by atoms with Crippen LogP contribution >= 0.6 is 0 Å². The number of benzene rings is 1. The lowest BCUT2D eigenvalue weighted by Gasteiger charge is -2.29. The van der Waals surface area contributed by atoms with E-state index in [-0.39, 0.29) is 23.6 Å². The number of carbonyl (C=O) groups excluding carboxylic acids is 1. The highest BCUT2D eigenvalue weighted by atomic mass is 32.2. The van der Waals surface area contributed by atoms with Gasteiger partial charge >= 0.3 is 0 Å². The van der Waals surface area contributed by atoms with Crippen molar-refractivity contribution in [2.75, 3.05) is 43.6 Å². The number of anilines is 1. The molecule has 0 spiro atoms. The molecule has 41 heavy (non-hydrogen) atoms.